The van der Waals surface area contributed by atoms with Crippen molar-refractivity contribution in [2.45, 2.75) is 69.3 Å². The van der Waals surface area contributed by atoms with Gasteiger partial charge in [-0.3, -0.25) is 0 Å². The van der Waals surface area contributed by atoms with Gasteiger partial charge in [0.15, 0.2) is 6.04 Å². The maximum Gasteiger partial charge on any atom is 0.408 e. The lowest BCUT2D eigenvalue weighted by Crippen LogP contribution is -2.55. The summed E-state index contributed by atoms with van der Waals surface area (Å²) in [5.74, 6) is -4.32. The Balaban J connectivity index is 2.85. The van der Waals surface area contributed by atoms with Crippen molar-refractivity contribution in [2.24, 2.45) is 5.92 Å². The van der Waals surface area contributed by atoms with Crippen molar-refractivity contribution in [3.63, 3.8) is 0 Å². The lowest BCUT2D eigenvalue weighted by molar-refractivity contribution is -0.175. The molecule has 1 aliphatic rings. The van der Waals surface area contributed by atoms with Gasteiger partial charge in [-0.15, -0.1) is 4.72 Å². The van der Waals surface area contributed by atoms with Gasteiger partial charge >= 0.3 is 6.18 Å². The molecule has 0 saturated heterocycles. The van der Waals surface area contributed by atoms with Crippen molar-refractivity contribution in [3.8, 4) is 0 Å². The van der Waals surface area contributed by atoms with Crippen molar-refractivity contribution >= 4 is 11.4 Å². The van der Waals surface area contributed by atoms with Crippen molar-refractivity contribution in [3.05, 3.63) is 0 Å². The first-order valence-corrected chi connectivity index (χ1v) is 7.60. The van der Waals surface area contributed by atoms with Crippen molar-refractivity contribution in [1.29, 1.82) is 0 Å². The monoisotopic (exact) mass is 321 g/mol. The molecule has 1 N–H and O–H groups in total. The summed E-state index contributed by atoms with van der Waals surface area (Å²) in [7, 11) is 0. The average Bonchev–Trinajstić information content (AvgIpc) is 2.20. The van der Waals surface area contributed by atoms with Crippen LogP contribution in [-0.4, -0.2) is 27.4 Å². The van der Waals surface area contributed by atoms with Crippen LogP contribution in [0.25, 0.3) is 0 Å². The average molecular weight is 321 g/mol. The van der Waals surface area contributed by atoms with Crippen LogP contribution in [0, 0.1) is 5.92 Å². The molecule has 0 amide bonds. The quantitative estimate of drug-likeness (QED) is 0.634. The summed E-state index contributed by atoms with van der Waals surface area (Å²) < 4.78 is 78.8. The third kappa shape index (κ3) is 5.04. The van der Waals surface area contributed by atoms with Gasteiger partial charge in [-0.25, -0.2) is 8.78 Å². The molecule has 0 aromatic rings. The van der Waals surface area contributed by atoms with Crippen LogP contribution in [0.4, 0.5) is 22.0 Å². The molecule has 2 nitrogen and oxygen atoms in total. The highest BCUT2D eigenvalue weighted by molar-refractivity contribution is 7.90. The SMILES string of the molecule is CC(C)(C)[S+]([O-])N[C@@H](C1CCCC(F)(F)C1)C(F)(F)F. The number of nitrogens with one attached hydrogen (secondary N) is 1. The Morgan fingerprint density at radius 1 is 1.25 bits per heavy atom. The minimum absolute atomic E-state index is 0.0497. The number of alkyl halides is 5. The van der Waals surface area contributed by atoms with E-state index in [-0.39, 0.29) is 19.3 Å². The van der Waals surface area contributed by atoms with Gasteiger partial charge in [-0.1, -0.05) is 0 Å². The fourth-order valence-corrected chi connectivity index (χ4v) is 3.13. The first-order chi connectivity index (χ1) is 8.83. The molecule has 0 aliphatic heterocycles. The van der Waals surface area contributed by atoms with Crippen LogP contribution in [0.15, 0.2) is 0 Å². The van der Waals surface area contributed by atoms with Crippen molar-refractivity contribution < 1.29 is 26.5 Å². The highest BCUT2D eigenvalue weighted by Crippen LogP contribution is 2.42. The Morgan fingerprint density at radius 2 is 1.80 bits per heavy atom. The van der Waals surface area contributed by atoms with Gasteiger partial charge in [0.1, 0.15) is 4.75 Å². The van der Waals surface area contributed by atoms with Crippen LogP contribution in [0.3, 0.4) is 0 Å². The Morgan fingerprint density at radius 3 is 2.20 bits per heavy atom. The lowest BCUT2D eigenvalue weighted by atomic mass is 9.82. The number of hydrogen-bond acceptors (Lipinski definition) is 2. The van der Waals surface area contributed by atoms with E-state index in [0.717, 1.165) is 0 Å². The minimum Gasteiger partial charge on any atom is -0.598 e. The second-order valence-electron chi connectivity index (χ2n) is 6.23. The standard InChI is InChI=1S/C12H20F5NOS/c1-10(2,3)20(19)18-9(12(15,16)17)8-5-4-6-11(13,14)7-8/h8-9,18H,4-7H2,1-3H3/t8?,9-,20?/m0/s1. The molecule has 1 aliphatic carbocycles. The van der Waals surface area contributed by atoms with Gasteiger partial charge in [-0.05, 0) is 39.5 Å². The van der Waals surface area contributed by atoms with E-state index in [0.29, 0.717) is 0 Å². The molecule has 1 fully saturated rings. The second kappa shape index (κ2) is 5.96. The molecule has 8 heteroatoms. The van der Waals surface area contributed by atoms with Crippen LogP contribution in [0.5, 0.6) is 0 Å². The van der Waals surface area contributed by atoms with Gasteiger partial charge in [0.05, 0.1) is 0 Å². The van der Waals surface area contributed by atoms with Gasteiger partial charge in [0.2, 0.25) is 5.92 Å². The first-order valence-electron chi connectivity index (χ1n) is 6.45. The summed E-state index contributed by atoms with van der Waals surface area (Å²) in [6.07, 6.45) is -5.77. The number of halogens is 5. The predicted molar refractivity (Wildman–Crippen MR) is 67.8 cm³/mol. The maximum absolute atomic E-state index is 13.3. The summed E-state index contributed by atoms with van der Waals surface area (Å²) >= 11 is -1.96. The highest BCUT2D eigenvalue weighted by atomic mass is 32.2. The zero-order valence-corrected chi connectivity index (χ0v) is 12.5. The third-order valence-electron chi connectivity index (χ3n) is 3.29. The van der Waals surface area contributed by atoms with Gasteiger partial charge in [0.25, 0.3) is 0 Å². The molecule has 2 unspecified atom stereocenters. The summed E-state index contributed by atoms with van der Waals surface area (Å²) in [6, 6.07) is -2.16. The Labute approximate surface area is 118 Å². The lowest BCUT2D eigenvalue weighted by Gasteiger charge is -2.37. The van der Waals surface area contributed by atoms with Crippen molar-refractivity contribution in [2.75, 3.05) is 0 Å². The normalized spacial score (nSPS) is 27.1. The molecule has 0 aromatic heterocycles. The van der Waals surface area contributed by atoms with Crippen LogP contribution in [-0.2, 0) is 11.4 Å². The van der Waals surface area contributed by atoms with E-state index in [1.807, 2.05) is 4.72 Å². The molecular weight excluding hydrogens is 301 g/mol. The van der Waals surface area contributed by atoms with Crippen LogP contribution in [0.1, 0.15) is 46.5 Å². The molecule has 1 saturated carbocycles. The van der Waals surface area contributed by atoms with Gasteiger partial charge < -0.3 is 4.55 Å². The zero-order chi connectivity index (χ0) is 15.8. The highest BCUT2D eigenvalue weighted by Gasteiger charge is 2.52. The predicted octanol–water partition coefficient (Wildman–Crippen LogP) is 3.79. The van der Waals surface area contributed by atoms with E-state index in [4.69, 9.17) is 0 Å². The van der Waals surface area contributed by atoms with E-state index >= 15 is 0 Å². The molecule has 3 atom stereocenters. The van der Waals surface area contributed by atoms with Gasteiger partial charge in [0, 0.05) is 24.2 Å². The first kappa shape index (κ1) is 18.0. The fourth-order valence-electron chi connectivity index (χ4n) is 2.22. The van der Waals surface area contributed by atoms with E-state index in [9.17, 15) is 26.5 Å². The Bertz CT molecular complexity index is 329. The summed E-state index contributed by atoms with van der Waals surface area (Å²) in [6.45, 7) is 4.58. The summed E-state index contributed by atoms with van der Waals surface area (Å²) in [5.41, 5.74) is 0. The third-order valence-corrected chi connectivity index (χ3v) is 4.87. The molecule has 0 spiro atoms. The fraction of sp³-hybridized carbons (Fsp3) is 1.00. The van der Waals surface area contributed by atoms with E-state index in [2.05, 4.69) is 0 Å². The van der Waals surface area contributed by atoms with E-state index < -0.39 is 46.6 Å². The molecular formula is C12H20F5NOS. The van der Waals surface area contributed by atoms with E-state index in [1.54, 1.807) is 0 Å². The molecule has 1 rings (SSSR count). The van der Waals surface area contributed by atoms with Gasteiger partial charge in [-0.2, -0.15) is 13.2 Å². The van der Waals surface area contributed by atoms with Crippen LogP contribution in [0.2, 0.25) is 0 Å². The molecule has 0 heterocycles. The van der Waals surface area contributed by atoms with E-state index in [1.165, 1.54) is 20.8 Å². The Kier molecular flexibility index (Phi) is 5.36. The largest absolute Gasteiger partial charge is 0.598 e. The zero-order valence-electron chi connectivity index (χ0n) is 11.7. The summed E-state index contributed by atoms with van der Waals surface area (Å²) in [4.78, 5) is 0. The van der Waals surface area contributed by atoms with Crippen LogP contribution >= 0.6 is 0 Å². The topological polar surface area (TPSA) is 35.1 Å². The molecule has 20 heavy (non-hydrogen) atoms. The molecule has 0 bridgehead atoms. The summed E-state index contributed by atoms with van der Waals surface area (Å²) in [5, 5.41) is 0. The minimum atomic E-state index is -4.70. The maximum atomic E-state index is 13.3. The number of hydrogen-bond donors (Lipinski definition) is 1. The molecule has 0 radical (unpaired) electrons. The number of rotatable bonds is 3. The molecule has 0 aromatic carbocycles. The molecule has 120 valence electrons. The smallest absolute Gasteiger partial charge is 0.408 e. The second-order valence-corrected chi connectivity index (χ2v) is 8.23. The van der Waals surface area contributed by atoms with Crippen molar-refractivity contribution in [1.82, 2.24) is 4.72 Å². The Hall–Kier alpha value is -0.0800. The van der Waals surface area contributed by atoms with Crippen LogP contribution < -0.4 is 4.72 Å².